The summed E-state index contributed by atoms with van der Waals surface area (Å²) in [7, 11) is -3.74. The van der Waals surface area contributed by atoms with Crippen molar-refractivity contribution in [1.29, 1.82) is 0 Å². The van der Waals surface area contributed by atoms with Crippen LogP contribution in [0.15, 0.2) is 195 Å². The Bertz CT molecular complexity index is 1630. The Morgan fingerprint density at radius 2 is 0.945 bits per heavy atom. The molecule has 0 aliphatic carbocycles. The smallest absolute Gasteiger partial charge is 1.00 e. The quantitative estimate of drug-likeness (QED) is 0.0495. The monoisotopic (exact) mass is 1140 g/mol. The second-order valence-corrected chi connectivity index (χ2v) is 22.4. The first-order valence-electron chi connectivity index (χ1n) is 16.6. The van der Waals surface area contributed by atoms with Gasteiger partial charge in [0.25, 0.3) is 0 Å². The predicted molar refractivity (Wildman–Crippen MR) is 273 cm³/mol. The number of hydrogen-bond donors (Lipinski definition) is 0. The molecule has 0 saturated carbocycles. The summed E-state index contributed by atoms with van der Waals surface area (Å²) in [6.45, 7) is 18.5. The van der Waals surface area contributed by atoms with Gasteiger partial charge in [0.15, 0.2) is 0 Å². The molecule has 1 nitrogen and oxygen atoms in total. The van der Waals surface area contributed by atoms with Gasteiger partial charge in [-0.2, -0.15) is 36.4 Å². The van der Waals surface area contributed by atoms with Gasteiger partial charge in [0.05, 0.1) is 0 Å². The fourth-order valence-electron chi connectivity index (χ4n) is 5.51. The van der Waals surface area contributed by atoms with Crippen LogP contribution in [0.25, 0.3) is 0 Å². The Morgan fingerprint density at radius 1 is 0.582 bits per heavy atom. The van der Waals surface area contributed by atoms with Crippen molar-refractivity contribution < 1.29 is 24.3 Å². The van der Waals surface area contributed by atoms with E-state index in [9.17, 15) is 0 Å². The Balaban J connectivity index is -0.000000159. The van der Waals surface area contributed by atoms with Gasteiger partial charge in [-0.05, 0) is 118 Å². The normalized spacial score (nSPS) is 9.45. The van der Waals surface area contributed by atoms with Gasteiger partial charge in [0.2, 0.25) is 8.32 Å². The largest absolute Gasteiger partial charge is 2.00 e. The van der Waals surface area contributed by atoms with Crippen LogP contribution in [0, 0.1) is 13.2 Å². The van der Waals surface area contributed by atoms with E-state index in [2.05, 4.69) is 191 Å². The first kappa shape index (κ1) is 61.1. The minimum Gasteiger partial charge on any atom is -1.00 e. The molecular formula is C46H58Br2I2Mg2OSi2. The first-order valence-corrected chi connectivity index (χ1v) is 24.3. The molecule has 0 N–H and O–H groups in total. The van der Waals surface area contributed by atoms with Crippen LogP contribution in [0.5, 0.6) is 0 Å². The van der Waals surface area contributed by atoms with Gasteiger partial charge in [0, 0.05) is 18.2 Å². The summed E-state index contributed by atoms with van der Waals surface area (Å²) in [4.78, 5) is 0. The van der Waals surface area contributed by atoms with Crippen molar-refractivity contribution in [1.82, 2.24) is 0 Å². The maximum absolute atomic E-state index is 6.13. The second kappa shape index (κ2) is 36.5. The number of halogens is 4. The van der Waals surface area contributed by atoms with Gasteiger partial charge < -0.3 is 24.3 Å². The molecule has 0 heterocycles. The topological polar surface area (TPSA) is 9.23 Å². The standard InChI is InChI=1S/C18H19ISi.C14H19IOSi.C6H5Br.C6H5.2CH4.BrH.2Mg.2H/c1-3-14-20(15-4-2,17-8-6-5-7-9-17)18-12-10-16(19)11-13-18;1-4-11-17(12-5-2,16-6-3)14-9-7-13(15)8-10-14;7-6-4-2-1-3-5-6;1-2-4-6-5-3-1;;;;;;;/h3-13H,1-2,14-15H2;4-5,7-10H,1-2,6,11-12H2,3H3;1-5H;1-5H;2*1H4;1H;;;;/q;;;-1;;;;2*+2;2*-1/p-1. The molecule has 0 aromatic heterocycles. The summed E-state index contributed by atoms with van der Waals surface area (Å²) in [5, 5.41) is 4.25. The Morgan fingerprint density at radius 3 is 1.25 bits per heavy atom. The van der Waals surface area contributed by atoms with Gasteiger partial charge in [-0.15, -0.1) is 26.3 Å². The number of rotatable bonds is 13. The van der Waals surface area contributed by atoms with Crippen LogP contribution in [-0.2, 0) is 4.43 Å². The van der Waals surface area contributed by atoms with Crippen molar-refractivity contribution in [3.8, 4) is 0 Å². The minimum atomic E-state index is -1.93. The van der Waals surface area contributed by atoms with Crippen LogP contribution in [0.1, 0.15) is 24.6 Å². The average molecular weight is 1150 g/mol. The molecule has 0 bridgehead atoms. The third-order valence-corrected chi connectivity index (χ3v) is 18.7. The zero-order valence-corrected chi connectivity index (χ0v) is 43.1. The van der Waals surface area contributed by atoms with Crippen molar-refractivity contribution in [2.75, 3.05) is 6.61 Å². The third-order valence-electron chi connectivity index (χ3n) is 7.79. The molecule has 0 aliphatic rings. The molecule has 55 heavy (non-hydrogen) atoms. The molecule has 9 heteroatoms. The van der Waals surface area contributed by atoms with E-state index < -0.39 is 16.4 Å². The zero-order chi connectivity index (χ0) is 36.5. The molecule has 0 unspecified atom stereocenters. The summed E-state index contributed by atoms with van der Waals surface area (Å²) < 4.78 is 9.79. The van der Waals surface area contributed by atoms with Crippen molar-refractivity contribution in [2.45, 2.75) is 46.0 Å². The van der Waals surface area contributed by atoms with E-state index in [1.807, 2.05) is 72.8 Å². The van der Waals surface area contributed by atoms with Crippen molar-refractivity contribution >= 4 is 139 Å². The summed E-state index contributed by atoms with van der Waals surface area (Å²) in [6.07, 6.45) is 8.09. The minimum absolute atomic E-state index is 0. The summed E-state index contributed by atoms with van der Waals surface area (Å²) >= 11 is 7.99. The molecular weight excluding hydrogens is 1090 g/mol. The fourth-order valence-corrected chi connectivity index (χ4v) is 13.9. The second-order valence-electron chi connectivity index (χ2n) is 11.2. The number of benzene rings is 5. The summed E-state index contributed by atoms with van der Waals surface area (Å²) in [5.74, 6) is 0. The Kier molecular flexibility index (Phi) is 40.5. The van der Waals surface area contributed by atoms with Gasteiger partial charge in [0.1, 0.15) is 8.07 Å². The van der Waals surface area contributed by atoms with Crippen LogP contribution in [0.3, 0.4) is 0 Å². The maximum Gasteiger partial charge on any atom is 2.00 e. The van der Waals surface area contributed by atoms with Gasteiger partial charge in [-0.1, -0.05) is 138 Å². The molecule has 0 spiro atoms. The van der Waals surface area contributed by atoms with Crippen molar-refractivity contribution in [3.05, 3.63) is 208 Å². The van der Waals surface area contributed by atoms with Crippen molar-refractivity contribution in [2.24, 2.45) is 0 Å². The van der Waals surface area contributed by atoms with E-state index in [0.29, 0.717) is 0 Å². The van der Waals surface area contributed by atoms with Crippen LogP contribution < -0.4 is 32.5 Å². The molecule has 0 atom stereocenters. The van der Waals surface area contributed by atoms with E-state index in [1.165, 1.54) is 22.7 Å². The molecule has 0 saturated heterocycles. The molecule has 5 aromatic rings. The molecule has 0 fully saturated rings. The molecule has 288 valence electrons. The first-order chi connectivity index (χ1) is 24.3. The van der Waals surface area contributed by atoms with Gasteiger partial charge in [-0.3, -0.25) is 0 Å². The Hall–Kier alpha value is -0.594. The molecule has 5 aromatic carbocycles. The molecule has 5 rings (SSSR count). The summed E-state index contributed by atoms with van der Waals surface area (Å²) in [5.41, 5.74) is 0. The zero-order valence-electron chi connectivity index (χ0n) is 32.8. The van der Waals surface area contributed by atoms with E-state index >= 15 is 0 Å². The van der Waals surface area contributed by atoms with Crippen LogP contribution in [-0.4, -0.2) is 69.1 Å². The van der Waals surface area contributed by atoms with Gasteiger partial charge >= 0.3 is 46.1 Å². The van der Waals surface area contributed by atoms with E-state index in [-0.39, 0.29) is 80.8 Å². The van der Waals surface area contributed by atoms with Crippen LogP contribution >= 0.6 is 61.1 Å². The summed E-state index contributed by atoms with van der Waals surface area (Å²) in [6, 6.07) is 55.0. The van der Waals surface area contributed by atoms with Gasteiger partial charge in [-0.25, -0.2) is 0 Å². The Labute approximate surface area is 418 Å². The van der Waals surface area contributed by atoms with E-state index in [1.54, 1.807) is 0 Å². The SMILES string of the molecule is Brc1ccccc1.C.C.C=CC[Si](CC=C)(OCC)c1ccc(I)cc1.C=CC[Si](CC=C)(c1ccccc1)c1ccc(I)cc1.[Br-].[H-].[H-].[Mg+2].[Mg+2].[c-]1ccccc1. The number of hydrogen-bond acceptors (Lipinski definition) is 1. The average Bonchev–Trinajstić information content (AvgIpc) is 3.15. The van der Waals surface area contributed by atoms with Crippen molar-refractivity contribution in [3.63, 3.8) is 0 Å². The maximum atomic E-state index is 6.13. The van der Waals surface area contributed by atoms with Crippen LogP contribution in [0.2, 0.25) is 24.2 Å². The number of allylic oxidation sites excluding steroid dienone is 4. The molecule has 0 radical (unpaired) electrons. The van der Waals surface area contributed by atoms with E-state index in [4.69, 9.17) is 4.43 Å². The van der Waals surface area contributed by atoms with E-state index in [0.717, 1.165) is 35.3 Å². The third kappa shape index (κ3) is 22.4. The molecule has 0 amide bonds. The predicted octanol–water partition coefficient (Wildman–Crippen LogP) is 9.75. The molecule has 0 aliphatic heterocycles. The van der Waals surface area contributed by atoms with Crippen LogP contribution in [0.4, 0.5) is 0 Å². The fraction of sp³-hybridized carbons (Fsp3) is 0.174.